The van der Waals surface area contributed by atoms with Crippen molar-refractivity contribution >= 4 is 9.24 Å². The second kappa shape index (κ2) is 15.4. The summed E-state index contributed by atoms with van der Waals surface area (Å²) >= 11 is 0. The molecule has 0 amide bonds. The summed E-state index contributed by atoms with van der Waals surface area (Å²) in [6, 6.07) is 0.788. The molecule has 0 aromatic rings. The molecule has 0 radical (unpaired) electrons. The molecule has 1 N–H and O–H groups in total. The van der Waals surface area contributed by atoms with E-state index in [-0.39, 0.29) is 0 Å². The predicted molar refractivity (Wildman–Crippen MR) is 80.4 cm³/mol. The van der Waals surface area contributed by atoms with Gasteiger partial charge in [-0.2, -0.15) is 0 Å². The zero-order valence-electron chi connectivity index (χ0n) is 12.1. The van der Waals surface area contributed by atoms with Crippen LogP contribution in [0.4, 0.5) is 0 Å². The summed E-state index contributed by atoms with van der Waals surface area (Å²) in [5.41, 5.74) is 0. The highest BCUT2D eigenvalue weighted by Crippen LogP contribution is 2.12. The van der Waals surface area contributed by atoms with E-state index in [1.807, 2.05) is 20.9 Å². The van der Waals surface area contributed by atoms with Crippen molar-refractivity contribution in [1.29, 1.82) is 0 Å². The van der Waals surface area contributed by atoms with Gasteiger partial charge < -0.3 is 5.32 Å². The van der Waals surface area contributed by atoms with Crippen molar-refractivity contribution in [1.82, 2.24) is 10.2 Å². The normalized spacial score (nSPS) is 12.2. The van der Waals surface area contributed by atoms with Gasteiger partial charge in [0.25, 0.3) is 0 Å². The van der Waals surface area contributed by atoms with E-state index in [4.69, 9.17) is 0 Å². The second-order valence-electron chi connectivity index (χ2n) is 3.75. The topological polar surface area (TPSA) is 15.3 Å². The highest BCUT2D eigenvalue weighted by Gasteiger charge is 2.14. The monoisotopic (exact) mass is 248 g/mol. The lowest BCUT2D eigenvalue weighted by molar-refractivity contribution is 0.192. The molecule has 2 atom stereocenters. The Morgan fingerprint density at radius 1 is 1.19 bits per heavy atom. The molecule has 0 saturated heterocycles. The van der Waals surface area contributed by atoms with Crippen molar-refractivity contribution in [3.63, 3.8) is 0 Å². The molecule has 0 spiro atoms. The van der Waals surface area contributed by atoms with Crippen LogP contribution < -0.4 is 5.32 Å². The molecule has 0 rings (SSSR count). The molecule has 0 aliphatic carbocycles. The van der Waals surface area contributed by atoms with E-state index in [0.717, 1.165) is 12.6 Å². The zero-order chi connectivity index (χ0) is 12.8. The minimum Gasteiger partial charge on any atom is -0.318 e. The van der Waals surface area contributed by atoms with Crippen LogP contribution in [-0.4, -0.2) is 43.8 Å². The molecule has 0 heterocycles. The fourth-order valence-electron chi connectivity index (χ4n) is 1.89. The Morgan fingerprint density at radius 3 is 2.19 bits per heavy atom. The third-order valence-electron chi connectivity index (χ3n) is 2.69. The lowest BCUT2D eigenvalue weighted by Crippen LogP contribution is -2.39. The Labute approximate surface area is 106 Å². The summed E-state index contributed by atoms with van der Waals surface area (Å²) in [6.07, 6.45) is 5.17. The van der Waals surface area contributed by atoms with E-state index >= 15 is 0 Å². The van der Waals surface area contributed by atoms with Gasteiger partial charge in [-0.25, -0.2) is 0 Å². The maximum Gasteiger partial charge on any atom is 0.0110 e. The Morgan fingerprint density at radius 2 is 1.81 bits per heavy atom. The Hall–Kier alpha value is 0.350. The maximum absolute atomic E-state index is 3.22. The van der Waals surface area contributed by atoms with Crippen LogP contribution in [-0.2, 0) is 0 Å². The second-order valence-corrected chi connectivity index (χ2v) is 4.33. The van der Waals surface area contributed by atoms with E-state index in [1.165, 1.54) is 38.5 Å². The van der Waals surface area contributed by atoms with Gasteiger partial charge in [-0.3, -0.25) is 4.90 Å². The predicted octanol–water partition coefficient (Wildman–Crippen LogP) is 2.99. The summed E-state index contributed by atoms with van der Waals surface area (Å²) in [5.74, 6) is 0. The molecule has 16 heavy (non-hydrogen) atoms. The average molecular weight is 248 g/mol. The summed E-state index contributed by atoms with van der Waals surface area (Å²) in [4.78, 5) is 2.60. The number of nitrogens with one attached hydrogen (secondary N) is 1. The van der Waals surface area contributed by atoms with Crippen molar-refractivity contribution in [2.24, 2.45) is 0 Å². The van der Waals surface area contributed by atoms with Gasteiger partial charge in [0, 0.05) is 19.1 Å². The van der Waals surface area contributed by atoms with E-state index in [9.17, 15) is 0 Å². The summed E-state index contributed by atoms with van der Waals surface area (Å²) in [7, 11) is 4.87. The van der Waals surface area contributed by atoms with Crippen LogP contribution in [0.2, 0.25) is 0 Å². The summed E-state index contributed by atoms with van der Waals surface area (Å²) < 4.78 is 0. The Bertz CT molecular complexity index is 115. The Balaban J connectivity index is 0. The minimum absolute atomic E-state index is 0.788. The van der Waals surface area contributed by atoms with E-state index < -0.39 is 0 Å². The van der Waals surface area contributed by atoms with Crippen molar-refractivity contribution in [2.75, 3.05) is 32.8 Å². The molecule has 2 unspecified atom stereocenters. The van der Waals surface area contributed by atoms with E-state index in [2.05, 4.69) is 33.3 Å². The van der Waals surface area contributed by atoms with Crippen LogP contribution in [0.25, 0.3) is 0 Å². The average Bonchev–Trinajstić information content (AvgIpc) is 2.33. The zero-order valence-corrected chi connectivity index (χ0v) is 13.2. The fourth-order valence-corrected chi connectivity index (χ4v) is 2.27. The molecule has 3 heteroatoms. The molecular formula is C13H33N2P. The number of likely N-dealkylation sites (N-methyl/N-ethyl adjacent to an activating group) is 2. The van der Waals surface area contributed by atoms with Gasteiger partial charge in [0.15, 0.2) is 0 Å². The fraction of sp³-hybridized carbons (Fsp3) is 1.00. The van der Waals surface area contributed by atoms with Crippen LogP contribution in [0.1, 0.15) is 47.0 Å². The van der Waals surface area contributed by atoms with Gasteiger partial charge in [-0.05, 0) is 32.6 Å². The van der Waals surface area contributed by atoms with Crippen LogP contribution in [0.3, 0.4) is 0 Å². The lowest BCUT2D eigenvalue weighted by atomic mass is 10.1. The first-order chi connectivity index (χ1) is 7.79. The van der Waals surface area contributed by atoms with Crippen molar-refractivity contribution < 1.29 is 0 Å². The van der Waals surface area contributed by atoms with Gasteiger partial charge in [-0.1, -0.05) is 34.1 Å². The molecule has 100 valence electrons. The highest BCUT2D eigenvalue weighted by molar-refractivity contribution is 7.16. The van der Waals surface area contributed by atoms with Crippen molar-refractivity contribution in [3.8, 4) is 0 Å². The standard InChI is InChI=1S/C11H27N2P.C2H6/c1-4-6-11(7-10-14)13(5-2)9-8-12-3;1-2/h11-12H,4-10,14H2,1-3H3;1-2H3. The van der Waals surface area contributed by atoms with Crippen LogP contribution >= 0.6 is 9.24 Å². The summed E-state index contributed by atoms with van der Waals surface area (Å²) in [5, 5.41) is 3.22. The first kappa shape index (κ1) is 18.7. The molecular weight excluding hydrogens is 215 g/mol. The third-order valence-corrected chi connectivity index (χ3v) is 3.03. The number of hydrogen-bond acceptors (Lipinski definition) is 2. The quantitative estimate of drug-likeness (QED) is 0.631. The first-order valence-electron chi connectivity index (χ1n) is 6.88. The van der Waals surface area contributed by atoms with Gasteiger partial charge >= 0.3 is 0 Å². The molecule has 2 nitrogen and oxygen atoms in total. The van der Waals surface area contributed by atoms with E-state index in [1.54, 1.807) is 0 Å². The molecule has 0 aromatic carbocycles. The lowest BCUT2D eigenvalue weighted by Gasteiger charge is -2.30. The van der Waals surface area contributed by atoms with Crippen LogP contribution in [0, 0.1) is 0 Å². The highest BCUT2D eigenvalue weighted by atomic mass is 31.0. The van der Waals surface area contributed by atoms with Gasteiger partial charge in [0.05, 0.1) is 0 Å². The van der Waals surface area contributed by atoms with Gasteiger partial charge in [0.1, 0.15) is 0 Å². The molecule has 0 aliphatic rings. The van der Waals surface area contributed by atoms with E-state index in [0.29, 0.717) is 0 Å². The molecule has 0 saturated carbocycles. The number of nitrogens with zero attached hydrogens (tertiary/aromatic N) is 1. The third kappa shape index (κ3) is 9.57. The molecule has 0 aliphatic heterocycles. The maximum atomic E-state index is 3.22. The van der Waals surface area contributed by atoms with Gasteiger partial charge in [0.2, 0.25) is 0 Å². The van der Waals surface area contributed by atoms with Crippen LogP contribution in [0.15, 0.2) is 0 Å². The van der Waals surface area contributed by atoms with Crippen molar-refractivity contribution in [2.45, 2.75) is 53.0 Å². The largest absolute Gasteiger partial charge is 0.318 e. The molecule has 0 fully saturated rings. The number of hydrogen-bond donors (Lipinski definition) is 1. The minimum atomic E-state index is 0.788. The Kier molecular flexibility index (Phi) is 17.9. The van der Waals surface area contributed by atoms with Gasteiger partial charge in [-0.15, -0.1) is 9.24 Å². The van der Waals surface area contributed by atoms with Crippen LogP contribution in [0.5, 0.6) is 0 Å². The smallest absolute Gasteiger partial charge is 0.0110 e. The molecule has 0 aromatic heterocycles. The number of rotatable bonds is 9. The first-order valence-corrected chi connectivity index (χ1v) is 7.70. The SMILES string of the molecule is CC.CCCC(CCP)N(CC)CCNC. The van der Waals surface area contributed by atoms with Crippen molar-refractivity contribution in [3.05, 3.63) is 0 Å². The molecule has 0 bridgehead atoms. The summed E-state index contributed by atoms with van der Waals surface area (Å²) in [6.45, 7) is 12.0.